The van der Waals surface area contributed by atoms with Crippen LogP contribution in [0.1, 0.15) is 12.8 Å². The predicted molar refractivity (Wildman–Crippen MR) is 110 cm³/mol. The van der Waals surface area contributed by atoms with Gasteiger partial charge in [-0.25, -0.2) is 0 Å². The molecule has 0 spiro atoms. The van der Waals surface area contributed by atoms with Gasteiger partial charge >= 0.3 is 0 Å². The van der Waals surface area contributed by atoms with Crippen molar-refractivity contribution >= 4 is 34.2 Å². The average molecular weight is 386 g/mol. The first-order valence-corrected chi connectivity index (χ1v) is 8.82. The largest absolute Gasteiger partial charge is 0.496 e. The number of guanidine groups is 1. The number of anilines is 1. The molecule has 1 unspecified atom stereocenters. The third-order valence-corrected chi connectivity index (χ3v) is 4.32. The molecule has 2 amide bonds. The summed E-state index contributed by atoms with van der Waals surface area (Å²) in [6.45, 7) is 0.0463. The van der Waals surface area contributed by atoms with Gasteiger partial charge in [-0.2, -0.15) is 0 Å². The Labute approximate surface area is 163 Å². The first-order valence-electron chi connectivity index (χ1n) is 8.82. The Hall–Kier alpha value is -3.33. The van der Waals surface area contributed by atoms with Gasteiger partial charge in [0.2, 0.25) is 11.8 Å². The lowest BCUT2D eigenvalue weighted by molar-refractivity contribution is -0.124. The van der Waals surface area contributed by atoms with E-state index >= 15 is 0 Å². The zero-order valence-electron chi connectivity index (χ0n) is 15.8. The molecule has 150 valence electrons. The molecule has 0 radical (unpaired) electrons. The van der Waals surface area contributed by atoms with Crippen molar-refractivity contribution in [1.82, 2.24) is 0 Å². The third-order valence-electron chi connectivity index (χ3n) is 4.32. The van der Waals surface area contributed by atoms with Crippen molar-refractivity contribution in [3.63, 3.8) is 0 Å². The second kappa shape index (κ2) is 9.56. The first-order chi connectivity index (χ1) is 13.4. The number of hydrogen-bond donors (Lipinski definition) is 4. The van der Waals surface area contributed by atoms with Crippen LogP contribution in [0.4, 0.5) is 5.69 Å². The van der Waals surface area contributed by atoms with Gasteiger partial charge in [0, 0.05) is 23.7 Å². The maximum atomic E-state index is 12.6. The van der Waals surface area contributed by atoms with Gasteiger partial charge in [0.05, 0.1) is 13.7 Å². The SMILES string of the molecule is COc1cc(N(C(=O)CN)C(CCCN=C(N)N)C(N)=O)cc2ccccc12. The molecule has 0 fully saturated rings. The van der Waals surface area contributed by atoms with Gasteiger partial charge in [-0.15, -0.1) is 0 Å². The molecule has 0 heterocycles. The summed E-state index contributed by atoms with van der Waals surface area (Å²) in [5, 5.41) is 1.74. The smallest absolute Gasteiger partial charge is 0.241 e. The Morgan fingerprint density at radius 1 is 1.18 bits per heavy atom. The monoisotopic (exact) mass is 386 g/mol. The number of amides is 2. The van der Waals surface area contributed by atoms with Crippen LogP contribution in [0.25, 0.3) is 10.8 Å². The molecule has 9 nitrogen and oxygen atoms in total. The van der Waals surface area contributed by atoms with Gasteiger partial charge in [0.25, 0.3) is 0 Å². The minimum absolute atomic E-state index is 0.0372. The summed E-state index contributed by atoms with van der Waals surface area (Å²) < 4.78 is 5.47. The summed E-state index contributed by atoms with van der Waals surface area (Å²) >= 11 is 0. The van der Waals surface area contributed by atoms with Gasteiger partial charge in [-0.05, 0) is 24.3 Å². The van der Waals surface area contributed by atoms with E-state index in [1.807, 2.05) is 24.3 Å². The number of methoxy groups -OCH3 is 1. The Morgan fingerprint density at radius 3 is 2.50 bits per heavy atom. The van der Waals surface area contributed by atoms with E-state index in [2.05, 4.69) is 4.99 Å². The Morgan fingerprint density at radius 2 is 1.89 bits per heavy atom. The molecule has 9 heteroatoms. The van der Waals surface area contributed by atoms with Gasteiger partial charge in [0.1, 0.15) is 11.8 Å². The van der Waals surface area contributed by atoms with Crippen molar-refractivity contribution in [3.05, 3.63) is 36.4 Å². The van der Waals surface area contributed by atoms with E-state index in [1.54, 1.807) is 19.2 Å². The fourth-order valence-corrected chi connectivity index (χ4v) is 3.06. The number of primary amides is 1. The molecule has 8 N–H and O–H groups in total. The highest BCUT2D eigenvalue weighted by Crippen LogP contribution is 2.33. The second-order valence-electron chi connectivity index (χ2n) is 6.20. The topological polar surface area (TPSA) is 163 Å². The summed E-state index contributed by atoms with van der Waals surface area (Å²) in [5.41, 5.74) is 22.3. The lowest BCUT2D eigenvalue weighted by Crippen LogP contribution is -2.50. The summed E-state index contributed by atoms with van der Waals surface area (Å²) in [6, 6.07) is 10.2. The molecule has 1 atom stereocenters. The van der Waals surface area contributed by atoms with Crippen molar-refractivity contribution in [1.29, 1.82) is 0 Å². The Bertz CT molecular complexity index is 879. The molecule has 28 heavy (non-hydrogen) atoms. The van der Waals surface area contributed by atoms with E-state index in [9.17, 15) is 9.59 Å². The van der Waals surface area contributed by atoms with Crippen molar-refractivity contribution in [2.45, 2.75) is 18.9 Å². The van der Waals surface area contributed by atoms with E-state index in [0.717, 1.165) is 10.8 Å². The minimum Gasteiger partial charge on any atom is -0.496 e. The lowest BCUT2D eigenvalue weighted by atomic mass is 10.0. The van der Waals surface area contributed by atoms with Gasteiger partial charge < -0.3 is 27.7 Å². The molecule has 2 aromatic rings. The van der Waals surface area contributed by atoms with Crippen LogP contribution in [0.5, 0.6) is 5.75 Å². The van der Waals surface area contributed by atoms with Crippen molar-refractivity contribution in [3.8, 4) is 5.75 Å². The molecule has 0 aliphatic carbocycles. The fraction of sp³-hybridized carbons (Fsp3) is 0.316. The highest BCUT2D eigenvalue weighted by Gasteiger charge is 2.29. The maximum absolute atomic E-state index is 12.6. The fourth-order valence-electron chi connectivity index (χ4n) is 3.06. The van der Waals surface area contributed by atoms with E-state index in [-0.39, 0.29) is 18.9 Å². The number of fused-ring (bicyclic) bond motifs is 1. The quantitative estimate of drug-likeness (QED) is 0.270. The zero-order chi connectivity index (χ0) is 20.7. The van der Waals surface area contributed by atoms with Crippen LogP contribution in [0.15, 0.2) is 41.4 Å². The van der Waals surface area contributed by atoms with Crippen LogP contribution in [0.3, 0.4) is 0 Å². The van der Waals surface area contributed by atoms with Crippen LogP contribution in [-0.2, 0) is 9.59 Å². The normalized spacial score (nSPS) is 11.6. The number of rotatable bonds is 9. The van der Waals surface area contributed by atoms with E-state index in [4.69, 9.17) is 27.7 Å². The molecular formula is C19H26N6O3. The predicted octanol–water partition coefficient (Wildman–Crippen LogP) is 0.0476. The molecule has 2 rings (SSSR count). The average Bonchev–Trinajstić information content (AvgIpc) is 2.68. The number of ether oxygens (including phenoxy) is 1. The molecule has 0 saturated heterocycles. The number of carbonyl (C=O) groups is 2. The second-order valence-corrected chi connectivity index (χ2v) is 6.20. The Kier molecular flexibility index (Phi) is 7.16. The number of aliphatic imine (C=N–C) groups is 1. The van der Waals surface area contributed by atoms with Crippen molar-refractivity contribution < 1.29 is 14.3 Å². The summed E-state index contributed by atoms with van der Waals surface area (Å²) in [4.78, 5) is 30.0. The van der Waals surface area contributed by atoms with Gasteiger partial charge in [-0.3, -0.25) is 19.5 Å². The molecule has 2 aromatic carbocycles. The van der Waals surface area contributed by atoms with Crippen LogP contribution in [0.2, 0.25) is 0 Å². The molecule has 0 aromatic heterocycles. The summed E-state index contributed by atoms with van der Waals surface area (Å²) in [6.07, 6.45) is 0.748. The highest BCUT2D eigenvalue weighted by molar-refractivity contribution is 6.03. The molecule has 0 aliphatic rings. The Balaban J connectivity index is 2.46. The lowest BCUT2D eigenvalue weighted by Gasteiger charge is -2.30. The van der Waals surface area contributed by atoms with Crippen LogP contribution >= 0.6 is 0 Å². The number of hydrogen-bond acceptors (Lipinski definition) is 5. The minimum atomic E-state index is -0.892. The van der Waals surface area contributed by atoms with Crippen LogP contribution < -0.4 is 32.6 Å². The molecule has 0 bridgehead atoms. The summed E-state index contributed by atoms with van der Waals surface area (Å²) in [5.74, 6) is -0.530. The highest BCUT2D eigenvalue weighted by atomic mass is 16.5. The summed E-state index contributed by atoms with van der Waals surface area (Å²) in [7, 11) is 1.54. The number of nitrogens with zero attached hydrogens (tertiary/aromatic N) is 2. The van der Waals surface area contributed by atoms with Crippen molar-refractivity contribution in [2.75, 3.05) is 25.1 Å². The molecule has 0 saturated carbocycles. The third kappa shape index (κ3) is 4.89. The number of benzene rings is 2. The maximum Gasteiger partial charge on any atom is 0.241 e. The zero-order valence-corrected chi connectivity index (χ0v) is 15.8. The van der Waals surface area contributed by atoms with E-state index in [1.165, 1.54) is 4.90 Å². The number of nitrogens with two attached hydrogens (primary N) is 4. The number of carbonyl (C=O) groups excluding carboxylic acids is 2. The molecular weight excluding hydrogens is 360 g/mol. The standard InChI is InChI=1S/C19H26N6O3/c1-28-16-10-13(9-12-5-2-3-6-14(12)16)25(17(26)11-20)15(18(21)27)7-4-8-24-19(22)23/h2-3,5-6,9-10,15H,4,7-8,11,20H2,1H3,(H2,21,27)(H4,22,23,24). The van der Waals surface area contributed by atoms with E-state index in [0.29, 0.717) is 24.4 Å². The first kappa shape index (κ1) is 21.0. The van der Waals surface area contributed by atoms with Gasteiger partial charge in [0.15, 0.2) is 5.96 Å². The van der Waals surface area contributed by atoms with E-state index < -0.39 is 17.9 Å². The van der Waals surface area contributed by atoms with Crippen LogP contribution in [0, 0.1) is 0 Å². The van der Waals surface area contributed by atoms with Crippen LogP contribution in [-0.4, -0.2) is 44.0 Å². The van der Waals surface area contributed by atoms with Gasteiger partial charge in [-0.1, -0.05) is 24.3 Å². The molecule has 0 aliphatic heterocycles. The van der Waals surface area contributed by atoms with Crippen molar-refractivity contribution in [2.24, 2.45) is 27.9 Å².